The molecule has 0 radical (unpaired) electrons. The molecular formula is C14H18N2O3. The van der Waals surface area contributed by atoms with Gasteiger partial charge in [-0.05, 0) is 12.5 Å². The summed E-state index contributed by atoms with van der Waals surface area (Å²) in [5.41, 5.74) is 0.782. The number of para-hydroxylation sites is 1. The molecule has 1 heterocycles. The molecule has 0 aliphatic rings. The van der Waals surface area contributed by atoms with E-state index in [9.17, 15) is 5.11 Å². The Morgan fingerprint density at radius 3 is 2.79 bits per heavy atom. The van der Waals surface area contributed by atoms with Gasteiger partial charge in [-0.1, -0.05) is 37.2 Å². The van der Waals surface area contributed by atoms with Crippen LogP contribution in [0.1, 0.15) is 43.7 Å². The van der Waals surface area contributed by atoms with E-state index in [-0.39, 0.29) is 6.61 Å². The molecule has 0 saturated heterocycles. The van der Waals surface area contributed by atoms with Crippen molar-refractivity contribution in [1.82, 2.24) is 10.1 Å². The van der Waals surface area contributed by atoms with Crippen LogP contribution in [0.3, 0.4) is 0 Å². The van der Waals surface area contributed by atoms with E-state index in [4.69, 9.17) is 9.26 Å². The summed E-state index contributed by atoms with van der Waals surface area (Å²) in [5, 5.41) is 13.7. The second-order valence-corrected chi connectivity index (χ2v) is 4.21. The number of hydrogen-bond acceptors (Lipinski definition) is 5. The van der Waals surface area contributed by atoms with Gasteiger partial charge in [0.2, 0.25) is 11.7 Å². The van der Waals surface area contributed by atoms with Crippen LogP contribution < -0.4 is 4.74 Å². The zero-order chi connectivity index (χ0) is 13.7. The van der Waals surface area contributed by atoms with Crippen LogP contribution in [0.4, 0.5) is 0 Å². The average molecular weight is 262 g/mol. The highest BCUT2D eigenvalue weighted by atomic mass is 16.5. The highest BCUT2D eigenvalue weighted by Crippen LogP contribution is 2.27. The lowest BCUT2D eigenvalue weighted by atomic mass is 10.1. The fraction of sp³-hybridized carbons (Fsp3) is 0.429. The molecule has 1 aromatic carbocycles. The molecule has 1 N–H and O–H groups in total. The number of aryl methyl sites for hydroxylation is 1. The zero-order valence-electron chi connectivity index (χ0n) is 11.2. The molecule has 2 aromatic rings. The van der Waals surface area contributed by atoms with Crippen LogP contribution >= 0.6 is 0 Å². The van der Waals surface area contributed by atoms with Gasteiger partial charge in [-0.2, -0.15) is 4.98 Å². The standard InChI is InChI=1S/C14H18N2O3/c1-3-11(17)10-7-5-6-8-12(10)18-9-13-15-14(4-2)19-16-13/h5-8,11,17H,3-4,9H2,1-2H3/t11-/m1/s1. The summed E-state index contributed by atoms with van der Waals surface area (Å²) < 4.78 is 10.7. The Hall–Kier alpha value is -1.88. The molecule has 19 heavy (non-hydrogen) atoms. The first kappa shape index (κ1) is 13.5. The van der Waals surface area contributed by atoms with E-state index < -0.39 is 6.10 Å². The topological polar surface area (TPSA) is 68.4 Å². The summed E-state index contributed by atoms with van der Waals surface area (Å²) in [6.07, 6.45) is 0.827. The fourth-order valence-electron chi connectivity index (χ4n) is 1.74. The molecule has 0 fully saturated rings. The molecule has 1 aromatic heterocycles. The minimum Gasteiger partial charge on any atom is -0.485 e. The molecular weight excluding hydrogens is 244 g/mol. The number of rotatable bonds is 6. The fourth-order valence-corrected chi connectivity index (χ4v) is 1.74. The van der Waals surface area contributed by atoms with E-state index in [1.54, 1.807) is 0 Å². The Labute approximate surface area is 112 Å². The van der Waals surface area contributed by atoms with Crippen molar-refractivity contribution in [2.24, 2.45) is 0 Å². The van der Waals surface area contributed by atoms with Gasteiger partial charge in [0.05, 0.1) is 6.10 Å². The molecule has 5 nitrogen and oxygen atoms in total. The largest absolute Gasteiger partial charge is 0.485 e. The maximum absolute atomic E-state index is 9.92. The summed E-state index contributed by atoms with van der Waals surface area (Å²) >= 11 is 0. The smallest absolute Gasteiger partial charge is 0.226 e. The molecule has 0 spiro atoms. The summed E-state index contributed by atoms with van der Waals surface area (Å²) in [5.74, 6) is 1.76. The van der Waals surface area contributed by atoms with Crippen molar-refractivity contribution in [2.45, 2.75) is 39.4 Å². The highest BCUT2D eigenvalue weighted by molar-refractivity contribution is 5.35. The van der Waals surface area contributed by atoms with Crippen molar-refractivity contribution in [3.05, 3.63) is 41.5 Å². The first-order valence-electron chi connectivity index (χ1n) is 6.45. The number of ether oxygens (including phenoxy) is 1. The number of aliphatic hydroxyl groups is 1. The molecule has 1 atom stereocenters. The molecule has 0 unspecified atom stereocenters. The third-order valence-corrected chi connectivity index (χ3v) is 2.83. The first-order valence-corrected chi connectivity index (χ1v) is 6.45. The molecule has 0 aliphatic heterocycles. The lowest BCUT2D eigenvalue weighted by molar-refractivity contribution is 0.165. The second-order valence-electron chi connectivity index (χ2n) is 4.21. The maximum Gasteiger partial charge on any atom is 0.226 e. The molecule has 0 saturated carbocycles. The molecule has 2 rings (SSSR count). The van der Waals surface area contributed by atoms with E-state index in [2.05, 4.69) is 10.1 Å². The van der Waals surface area contributed by atoms with Crippen molar-refractivity contribution < 1.29 is 14.4 Å². The van der Waals surface area contributed by atoms with Crippen LogP contribution in [-0.2, 0) is 13.0 Å². The maximum atomic E-state index is 9.92. The van der Waals surface area contributed by atoms with E-state index in [0.717, 1.165) is 5.56 Å². The normalized spacial score (nSPS) is 12.4. The SMILES string of the molecule is CCc1nc(COc2ccccc2[C@H](O)CC)no1. The predicted octanol–water partition coefficient (Wildman–Crippen LogP) is 2.65. The third kappa shape index (κ3) is 3.32. The Kier molecular flexibility index (Phi) is 4.52. The van der Waals surface area contributed by atoms with Crippen LogP contribution in [0.5, 0.6) is 5.75 Å². The number of aromatic nitrogens is 2. The van der Waals surface area contributed by atoms with Crippen LogP contribution in [0.25, 0.3) is 0 Å². The van der Waals surface area contributed by atoms with Gasteiger partial charge in [-0.3, -0.25) is 0 Å². The number of nitrogens with zero attached hydrogens (tertiary/aromatic N) is 2. The molecule has 0 amide bonds. The van der Waals surface area contributed by atoms with E-state index >= 15 is 0 Å². The van der Waals surface area contributed by atoms with Crippen molar-refractivity contribution in [3.8, 4) is 5.75 Å². The first-order chi connectivity index (χ1) is 9.24. The van der Waals surface area contributed by atoms with Gasteiger partial charge in [-0.25, -0.2) is 0 Å². The van der Waals surface area contributed by atoms with E-state index in [1.807, 2.05) is 38.1 Å². The minimum absolute atomic E-state index is 0.233. The van der Waals surface area contributed by atoms with Crippen LogP contribution in [0.2, 0.25) is 0 Å². The van der Waals surface area contributed by atoms with Crippen molar-refractivity contribution in [3.63, 3.8) is 0 Å². The quantitative estimate of drug-likeness (QED) is 0.866. The van der Waals surface area contributed by atoms with Crippen molar-refractivity contribution >= 4 is 0 Å². The molecule has 102 valence electrons. The Balaban J connectivity index is 2.06. The van der Waals surface area contributed by atoms with E-state index in [1.165, 1.54) is 0 Å². The Bertz CT molecular complexity index is 525. The minimum atomic E-state index is -0.521. The summed E-state index contributed by atoms with van der Waals surface area (Å²) in [6.45, 7) is 4.11. The van der Waals surface area contributed by atoms with Crippen LogP contribution in [0, 0.1) is 0 Å². The van der Waals surface area contributed by atoms with Crippen molar-refractivity contribution in [2.75, 3.05) is 0 Å². The second kappa shape index (κ2) is 6.33. The lowest BCUT2D eigenvalue weighted by Crippen LogP contribution is -2.03. The van der Waals surface area contributed by atoms with Gasteiger partial charge in [-0.15, -0.1) is 0 Å². The average Bonchev–Trinajstić information content (AvgIpc) is 2.92. The van der Waals surface area contributed by atoms with Gasteiger partial charge in [0, 0.05) is 12.0 Å². The highest BCUT2D eigenvalue weighted by Gasteiger charge is 2.12. The summed E-state index contributed by atoms with van der Waals surface area (Å²) in [7, 11) is 0. The predicted molar refractivity (Wildman–Crippen MR) is 69.7 cm³/mol. The van der Waals surface area contributed by atoms with E-state index in [0.29, 0.717) is 30.3 Å². The van der Waals surface area contributed by atoms with Gasteiger partial charge < -0.3 is 14.4 Å². The molecule has 5 heteroatoms. The number of hydrogen-bond donors (Lipinski definition) is 1. The van der Waals surface area contributed by atoms with Gasteiger partial charge in [0.25, 0.3) is 0 Å². The molecule has 0 aliphatic carbocycles. The lowest BCUT2D eigenvalue weighted by Gasteiger charge is -2.13. The van der Waals surface area contributed by atoms with Crippen LogP contribution in [-0.4, -0.2) is 15.2 Å². The van der Waals surface area contributed by atoms with Gasteiger partial charge in [0.1, 0.15) is 5.75 Å². The third-order valence-electron chi connectivity index (χ3n) is 2.83. The zero-order valence-corrected chi connectivity index (χ0v) is 11.2. The molecule has 0 bridgehead atoms. The number of aliphatic hydroxyl groups excluding tert-OH is 1. The monoisotopic (exact) mass is 262 g/mol. The van der Waals surface area contributed by atoms with Crippen molar-refractivity contribution in [1.29, 1.82) is 0 Å². The van der Waals surface area contributed by atoms with Crippen LogP contribution in [0.15, 0.2) is 28.8 Å². The summed E-state index contributed by atoms with van der Waals surface area (Å²) in [4.78, 5) is 4.17. The number of benzene rings is 1. The Morgan fingerprint density at radius 1 is 1.32 bits per heavy atom. The summed E-state index contributed by atoms with van der Waals surface area (Å²) in [6, 6.07) is 7.44. The van der Waals surface area contributed by atoms with Gasteiger partial charge >= 0.3 is 0 Å². The Morgan fingerprint density at radius 2 is 2.11 bits per heavy atom. The van der Waals surface area contributed by atoms with Gasteiger partial charge in [0.15, 0.2) is 6.61 Å².